The van der Waals surface area contributed by atoms with Crippen molar-refractivity contribution in [2.45, 2.75) is 19.9 Å². The minimum Gasteiger partial charge on any atom is -0.492 e. The zero-order chi connectivity index (χ0) is 14.6. The maximum atomic E-state index is 11.5. The van der Waals surface area contributed by atoms with Crippen LogP contribution in [0.2, 0.25) is 0 Å². The highest BCUT2D eigenvalue weighted by Crippen LogP contribution is 1.96. The molecule has 1 aromatic rings. The smallest absolute Gasteiger partial charge is 0.258 e. The highest BCUT2D eigenvalue weighted by Gasteiger charge is 2.04. The van der Waals surface area contributed by atoms with E-state index in [-0.39, 0.29) is 25.0 Å². The van der Waals surface area contributed by atoms with Crippen molar-refractivity contribution in [3.63, 3.8) is 0 Å². The molecule has 0 saturated heterocycles. The van der Waals surface area contributed by atoms with Crippen LogP contribution in [0.4, 0.5) is 0 Å². The highest BCUT2D eigenvalue weighted by molar-refractivity contribution is 5.85. The third kappa shape index (κ3) is 7.20. The first-order valence-electron chi connectivity index (χ1n) is 6.56. The monoisotopic (exact) mass is 276 g/mol. The van der Waals surface area contributed by atoms with E-state index in [1.54, 1.807) is 6.08 Å². The fourth-order valence-electron chi connectivity index (χ4n) is 1.38. The Kier molecular flexibility index (Phi) is 7.57. The average molecular weight is 276 g/mol. The molecule has 0 aliphatic carbocycles. The van der Waals surface area contributed by atoms with E-state index in [2.05, 4.69) is 10.6 Å². The summed E-state index contributed by atoms with van der Waals surface area (Å²) in [6.07, 6.45) is 4.14. The first kappa shape index (κ1) is 15.8. The summed E-state index contributed by atoms with van der Waals surface area (Å²) in [6.45, 7) is 2.29. The van der Waals surface area contributed by atoms with E-state index in [9.17, 15) is 9.59 Å². The molecule has 0 bridgehead atoms. The lowest BCUT2D eigenvalue weighted by molar-refractivity contribution is -0.127. The van der Waals surface area contributed by atoms with Gasteiger partial charge in [-0.05, 0) is 12.0 Å². The number of rotatable bonds is 8. The van der Waals surface area contributed by atoms with Crippen LogP contribution in [0.3, 0.4) is 0 Å². The zero-order valence-electron chi connectivity index (χ0n) is 11.6. The van der Waals surface area contributed by atoms with Gasteiger partial charge in [-0.15, -0.1) is 0 Å². The molecule has 0 aliphatic rings. The van der Waals surface area contributed by atoms with Crippen molar-refractivity contribution < 1.29 is 14.3 Å². The number of carbonyl (C=O) groups is 2. The van der Waals surface area contributed by atoms with Gasteiger partial charge in [0, 0.05) is 6.54 Å². The van der Waals surface area contributed by atoms with Gasteiger partial charge in [0.2, 0.25) is 5.91 Å². The molecule has 1 rings (SSSR count). The summed E-state index contributed by atoms with van der Waals surface area (Å²) in [6, 6.07) is 9.58. The van der Waals surface area contributed by atoms with E-state index in [0.29, 0.717) is 6.54 Å². The van der Waals surface area contributed by atoms with Crippen LogP contribution in [0.1, 0.15) is 18.9 Å². The third-order valence-corrected chi connectivity index (χ3v) is 2.42. The average Bonchev–Trinajstić information content (AvgIpc) is 2.48. The number of nitrogens with one attached hydrogen (secondary N) is 2. The Morgan fingerprint density at radius 1 is 1.15 bits per heavy atom. The standard InChI is InChI=1S/C15H20N2O3/c1-2-3-9-20-12-15(19)17-11-14(18)16-10-13-7-5-4-6-8-13/h3-9H,2,10-12H2,1H3,(H,16,18)(H,17,19)/b9-3+. The van der Waals surface area contributed by atoms with Gasteiger partial charge in [0.15, 0.2) is 6.61 Å². The Balaban J connectivity index is 2.13. The Hall–Kier alpha value is -2.30. The SMILES string of the molecule is CC/C=C/OCC(=O)NCC(=O)NCc1ccccc1. The molecule has 0 radical (unpaired) electrons. The molecular formula is C15H20N2O3. The highest BCUT2D eigenvalue weighted by atomic mass is 16.5. The predicted octanol–water partition coefficient (Wildman–Crippen LogP) is 1.36. The summed E-state index contributed by atoms with van der Waals surface area (Å²) >= 11 is 0. The molecule has 2 amide bonds. The van der Waals surface area contributed by atoms with Crippen LogP contribution in [0.5, 0.6) is 0 Å². The van der Waals surface area contributed by atoms with Crippen molar-refractivity contribution in [1.82, 2.24) is 10.6 Å². The van der Waals surface area contributed by atoms with E-state index in [1.165, 1.54) is 6.26 Å². The van der Waals surface area contributed by atoms with Crippen LogP contribution in [-0.4, -0.2) is 25.0 Å². The summed E-state index contributed by atoms with van der Waals surface area (Å²) in [5, 5.41) is 5.21. The van der Waals surface area contributed by atoms with Crippen LogP contribution < -0.4 is 10.6 Å². The van der Waals surface area contributed by atoms with Gasteiger partial charge in [-0.2, -0.15) is 0 Å². The van der Waals surface area contributed by atoms with E-state index in [1.807, 2.05) is 37.3 Å². The van der Waals surface area contributed by atoms with Crippen molar-refractivity contribution >= 4 is 11.8 Å². The number of hydrogen-bond acceptors (Lipinski definition) is 3. The van der Waals surface area contributed by atoms with Crippen molar-refractivity contribution in [3.05, 3.63) is 48.2 Å². The molecule has 0 unspecified atom stereocenters. The molecule has 0 aromatic heterocycles. The van der Waals surface area contributed by atoms with E-state index >= 15 is 0 Å². The number of amides is 2. The molecule has 1 aromatic carbocycles. The number of allylic oxidation sites excluding steroid dienone is 1. The summed E-state index contributed by atoms with van der Waals surface area (Å²) < 4.78 is 4.97. The second-order valence-corrected chi connectivity index (χ2v) is 4.13. The van der Waals surface area contributed by atoms with Crippen LogP contribution in [-0.2, 0) is 20.9 Å². The molecule has 2 N–H and O–H groups in total. The normalized spacial score (nSPS) is 10.2. The minimum absolute atomic E-state index is 0.0491. The number of ether oxygens (including phenoxy) is 1. The van der Waals surface area contributed by atoms with E-state index in [4.69, 9.17) is 4.74 Å². The molecule has 108 valence electrons. The second kappa shape index (κ2) is 9.61. The van der Waals surface area contributed by atoms with Crippen LogP contribution in [0.15, 0.2) is 42.7 Å². The maximum absolute atomic E-state index is 11.5. The quantitative estimate of drug-likeness (QED) is 0.704. The molecule has 0 aliphatic heterocycles. The Labute approximate surface area is 119 Å². The molecule has 0 atom stereocenters. The lowest BCUT2D eigenvalue weighted by Crippen LogP contribution is -2.37. The largest absolute Gasteiger partial charge is 0.492 e. The Morgan fingerprint density at radius 3 is 2.60 bits per heavy atom. The van der Waals surface area contributed by atoms with Crippen LogP contribution in [0, 0.1) is 0 Å². The molecule has 0 saturated carbocycles. The zero-order valence-corrected chi connectivity index (χ0v) is 11.6. The Bertz CT molecular complexity index is 444. The first-order chi connectivity index (χ1) is 9.72. The fraction of sp³-hybridized carbons (Fsp3) is 0.333. The Morgan fingerprint density at radius 2 is 1.90 bits per heavy atom. The molecule has 0 spiro atoms. The van der Waals surface area contributed by atoms with Crippen LogP contribution >= 0.6 is 0 Å². The van der Waals surface area contributed by atoms with Gasteiger partial charge < -0.3 is 15.4 Å². The minimum atomic E-state index is -0.319. The van der Waals surface area contributed by atoms with Crippen molar-refractivity contribution in [2.75, 3.05) is 13.2 Å². The summed E-state index contributed by atoms with van der Waals surface area (Å²) in [5.74, 6) is -0.549. The van der Waals surface area contributed by atoms with Crippen molar-refractivity contribution in [2.24, 2.45) is 0 Å². The van der Waals surface area contributed by atoms with E-state index in [0.717, 1.165) is 12.0 Å². The van der Waals surface area contributed by atoms with Crippen molar-refractivity contribution in [3.8, 4) is 0 Å². The second-order valence-electron chi connectivity index (χ2n) is 4.13. The van der Waals surface area contributed by atoms with Gasteiger partial charge in [0.25, 0.3) is 5.91 Å². The lowest BCUT2D eigenvalue weighted by atomic mass is 10.2. The molecule has 0 heterocycles. The van der Waals surface area contributed by atoms with E-state index < -0.39 is 0 Å². The molecule has 20 heavy (non-hydrogen) atoms. The predicted molar refractivity (Wildman–Crippen MR) is 76.7 cm³/mol. The third-order valence-electron chi connectivity index (χ3n) is 2.42. The summed E-state index contributed by atoms with van der Waals surface area (Å²) in [7, 11) is 0. The van der Waals surface area contributed by atoms with Gasteiger partial charge in [-0.25, -0.2) is 0 Å². The van der Waals surface area contributed by atoms with Gasteiger partial charge in [0.05, 0.1) is 12.8 Å². The van der Waals surface area contributed by atoms with Crippen molar-refractivity contribution in [1.29, 1.82) is 0 Å². The maximum Gasteiger partial charge on any atom is 0.258 e. The topological polar surface area (TPSA) is 67.4 Å². The van der Waals surface area contributed by atoms with Crippen LogP contribution in [0.25, 0.3) is 0 Å². The number of benzene rings is 1. The number of hydrogen-bond donors (Lipinski definition) is 2. The molecule has 0 fully saturated rings. The first-order valence-corrected chi connectivity index (χ1v) is 6.56. The summed E-state index contributed by atoms with van der Waals surface area (Å²) in [5.41, 5.74) is 1.01. The summed E-state index contributed by atoms with van der Waals surface area (Å²) in [4.78, 5) is 22.9. The van der Waals surface area contributed by atoms with Gasteiger partial charge >= 0.3 is 0 Å². The molecule has 5 heteroatoms. The molecule has 5 nitrogen and oxygen atoms in total. The number of carbonyl (C=O) groups excluding carboxylic acids is 2. The van der Waals surface area contributed by atoms with Gasteiger partial charge in [-0.1, -0.05) is 43.3 Å². The molecular weight excluding hydrogens is 256 g/mol. The van der Waals surface area contributed by atoms with Gasteiger partial charge in [0.1, 0.15) is 0 Å². The fourth-order valence-corrected chi connectivity index (χ4v) is 1.38. The van der Waals surface area contributed by atoms with Gasteiger partial charge in [-0.3, -0.25) is 9.59 Å². The lowest BCUT2D eigenvalue weighted by Gasteiger charge is -2.07.